The molecule has 17 heavy (non-hydrogen) atoms. The van der Waals surface area contributed by atoms with Crippen LogP contribution in [0.15, 0.2) is 28.9 Å². The van der Waals surface area contributed by atoms with Crippen LogP contribution in [0.1, 0.15) is 24.3 Å². The van der Waals surface area contributed by atoms with Crippen LogP contribution < -0.4 is 0 Å². The van der Waals surface area contributed by atoms with Gasteiger partial charge < -0.3 is 5.11 Å². The topological polar surface area (TPSA) is 38.0 Å². The van der Waals surface area contributed by atoms with Crippen molar-refractivity contribution in [2.75, 3.05) is 0 Å². The standard InChI is InChI=1S/C12H12BrClN2O/c1-7-11(14)6-16(15-7)12-4-3-9(8(2)17)5-10(12)13/h3-6,8,17H,1-2H3/t8-/m1/s1. The highest BCUT2D eigenvalue weighted by Gasteiger charge is 2.09. The first-order valence-electron chi connectivity index (χ1n) is 5.18. The molecule has 3 nitrogen and oxygen atoms in total. The van der Waals surface area contributed by atoms with Crippen molar-refractivity contribution in [1.82, 2.24) is 9.78 Å². The van der Waals surface area contributed by atoms with Gasteiger partial charge in [-0.05, 0) is 47.5 Å². The van der Waals surface area contributed by atoms with E-state index in [0.717, 1.165) is 21.4 Å². The Morgan fingerprint density at radius 1 is 1.47 bits per heavy atom. The number of nitrogens with zero attached hydrogens (tertiary/aromatic N) is 2. The Bertz CT molecular complexity index is 532. The number of hydrogen-bond acceptors (Lipinski definition) is 2. The van der Waals surface area contributed by atoms with Gasteiger partial charge in [0.2, 0.25) is 0 Å². The van der Waals surface area contributed by atoms with Crippen LogP contribution in [0.25, 0.3) is 5.69 Å². The van der Waals surface area contributed by atoms with Crippen molar-refractivity contribution in [3.05, 3.63) is 45.1 Å². The van der Waals surface area contributed by atoms with Crippen molar-refractivity contribution >= 4 is 27.5 Å². The molecule has 0 radical (unpaired) electrons. The third-order valence-corrected chi connectivity index (χ3v) is 3.55. The van der Waals surface area contributed by atoms with Crippen LogP contribution >= 0.6 is 27.5 Å². The van der Waals surface area contributed by atoms with Crippen LogP contribution in [0.4, 0.5) is 0 Å². The Labute approximate surface area is 113 Å². The highest BCUT2D eigenvalue weighted by Crippen LogP contribution is 2.26. The number of rotatable bonds is 2. The van der Waals surface area contributed by atoms with Gasteiger partial charge in [0.1, 0.15) is 0 Å². The quantitative estimate of drug-likeness (QED) is 0.918. The number of aryl methyl sites for hydroxylation is 1. The molecule has 0 spiro atoms. The lowest BCUT2D eigenvalue weighted by molar-refractivity contribution is 0.199. The second-order valence-corrected chi connectivity index (χ2v) is 5.16. The van der Waals surface area contributed by atoms with E-state index in [1.165, 1.54) is 0 Å². The fourth-order valence-electron chi connectivity index (χ4n) is 1.53. The fraction of sp³-hybridized carbons (Fsp3) is 0.250. The maximum atomic E-state index is 9.49. The van der Waals surface area contributed by atoms with Gasteiger partial charge in [0.05, 0.1) is 22.5 Å². The van der Waals surface area contributed by atoms with Crippen LogP contribution in [0.5, 0.6) is 0 Å². The van der Waals surface area contributed by atoms with Crippen molar-refractivity contribution in [2.24, 2.45) is 0 Å². The summed E-state index contributed by atoms with van der Waals surface area (Å²) in [5.74, 6) is 0. The predicted molar refractivity (Wildman–Crippen MR) is 71.6 cm³/mol. The first-order chi connectivity index (χ1) is 7.99. The van der Waals surface area contributed by atoms with Crippen molar-refractivity contribution in [3.8, 4) is 5.69 Å². The Morgan fingerprint density at radius 3 is 2.65 bits per heavy atom. The second-order valence-electron chi connectivity index (χ2n) is 3.89. The Hall–Kier alpha value is -0.840. The highest BCUT2D eigenvalue weighted by atomic mass is 79.9. The third kappa shape index (κ3) is 2.54. The van der Waals surface area contributed by atoms with E-state index in [0.29, 0.717) is 5.02 Å². The zero-order valence-electron chi connectivity index (χ0n) is 9.48. The molecular weight excluding hydrogens is 304 g/mol. The number of halogens is 2. The van der Waals surface area contributed by atoms with Gasteiger partial charge in [-0.15, -0.1) is 0 Å². The number of aliphatic hydroxyl groups is 1. The molecule has 1 N–H and O–H groups in total. The molecule has 5 heteroatoms. The van der Waals surface area contributed by atoms with Crippen LogP contribution in [0.2, 0.25) is 5.02 Å². The minimum Gasteiger partial charge on any atom is -0.389 e. The zero-order valence-corrected chi connectivity index (χ0v) is 11.8. The summed E-state index contributed by atoms with van der Waals surface area (Å²) in [5.41, 5.74) is 2.54. The molecule has 0 saturated carbocycles. The first-order valence-corrected chi connectivity index (χ1v) is 6.36. The average molecular weight is 316 g/mol. The van der Waals surface area contributed by atoms with E-state index in [2.05, 4.69) is 21.0 Å². The summed E-state index contributed by atoms with van der Waals surface area (Å²) in [6, 6.07) is 5.65. The van der Waals surface area contributed by atoms with Crippen molar-refractivity contribution < 1.29 is 5.11 Å². The van der Waals surface area contributed by atoms with Crippen LogP contribution in [-0.2, 0) is 0 Å². The van der Waals surface area contributed by atoms with Crippen molar-refractivity contribution in [1.29, 1.82) is 0 Å². The second kappa shape index (κ2) is 4.80. The Kier molecular flexibility index (Phi) is 3.56. The molecule has 1 atom stereocenters. The molecular formula is C12H12BrClN2O. The maximum absolute atomic E-state index is 9.49. The Morgan fingerprint density at radius 2 is 2.18 bits per heavy atom. The lowest BCUT2D eigenvalue weighted by atomic mass is 10.1. The smallest absolute Gasteiger partial charge is 0.0819 e. The van der Waals surface area contributed by atoms with Gasteiger partial charge in [-0.2, -0.15) is 5.10 Å². The van der Waals surface area contributed by atoms with Gasteiger partial charge >= 0.3 is 0 Å². The summed E-state index contributed by atoms with van der Waals surface area (Å²) in [7, 11) is 0. The van der Waals surface area contributed by atoms with Gasteiger partial charge in [-0.3, -0.25) is 0 Å². The highest BCUT2D eigenvalue weighted by molar-refractivity contribution is 9.10. The van der Waals surface area contributed by atoms with Gasteiger partial charge in [-0.1, -0.05) is 17.7 Å². The summed E-state index contributed by atoms with van der Waals surface area (Å²) in [5, 5.41) is 14.4. The molecule has 0 aliphatic heterocycles. The molecule has 1 heterocycles. The van der Waals surface area contributed by atoms with Crippen LogP contribution in [0, 0.1) is 6.92 Å². The van der Waals surface area contributed by atoms with E-state index in [1.807, 2.05) is 25.1 Å². The summed E-state index contributed by atoms with van der Waals surface area (Å²) < 4.78 is 2.59. The minimum atomic E-state index is -0.483. The van der Waals surface area contributed by atoms with E-state index in [4.69, 9.17) is 11.6 Å². The molecule has 2 rings (SSSR count). The van der Waals surface area contributed by atoms with Crippen molar-refractivity contribution in [2.45, 2.75) is 20.0 Å². The fourth-order valence-corrected chi connectivity index (χ4v) is 2.24. The molecule has 0 amide bonds. The minimum absolute atomic E-state index is 0.483. The summed E-state index contributed by atoms with van der Waals surface area (Å²) in [6.07, 6.45) is 1.28. The molecule has 2 aromatic rings. The number of aromatic nitrogens is 2. The molecule has 1 aromatic heterocycles. The molecule has 0 aliphatic rings. The van der Waals surface area contributed by atoms with Crippen LogP contribution in [0.3, 0.4) is 0 Å². The van der Waals surface area contributed by atoms with E-state index in [1.54, 1.807) is 17.8 Å². The summed E-state index contributed by atoms with van der Waals surface area (Å²) >= 11 is 9.45. The molecule has 0 aliphatic carbocycles. The molecule has 0 unspecified atom stereocenters. The van der Waals surface area contributed by atoms with E-state index < -0.39 is 6.10 Å². The number of hydrogen-bond donors (Lipinski definition) is 1. The first kappa shape index (κ1) is 12.6. The normalized spacial score (nSPS) is 12.8. The molecule has 0 fully saturated rings. The maximum Gasteiger partial charge on any atom is 0.0819 e. The van der Waals surface area contributed by atoms with Gasteiger partial charge in [-0.25, -0.2) is 4.68 Å². The van der Waals surface area contributed by atoms with Gasteiger partial charge in [0.15, 0.2) is 0 Å². The summed E-state index contributed by atoms with van der Waals surface area (Å²) in [6.45, 7) is 3.59. The van der Waals surface area contributed by atoms with E-state index in [-0.39, 0.29) is 0 Å². The molecule has 0 bridgehead atoms. The van der Waals surface area contributed by atoms with Gasteiger partial charge in [0.25, 0.3) is 0 Å². The average Bonchev–Trinajstić information content (AvgIpc) is 2.58. The summed E-state index contributed by atoms with van der Waals surface area (Å²) in [4.78, 5) is 0. The lowest BCUT2D eigenvalue weighted by Crippen LogP contribution is -1.98. The van der Waals surface area contributed by atoms with Crippen LogP contribution in [-0.4, -0.2) is 14.9 Å². The van der Waals surface area contributed by atoms with E-state index >= 15 is 0 Å². The van der Waals surface area contributed by atoms with Gasteiger partial charge in [0, 0.05) is 10.7 Å². The molecule has 90 valence electrons. The molecule has 1 aromatic carbocycles. The Balaban J connectivity index is 2.46. The largest absolute Gasteiger partial charge is 0.389 e. The van der Waals surface area contributed by atoms with E-state index in [9.17, 15) is 5.11 Å². The monoisotopic (exact) mass is 314 g/mol. The third-order valence-electron chi connectivity index (χ3n) is 2.54. The zero-order chi connectivity index (χ0) is 12.6. The molecule has 0 saturated heterocycles. The SMILES string of the molecule is Cc1nn(-c2ccc([C@@H](C)O)cc2Br)cc1Cl. The van der Waals surface area contributed by atoms with Crippen molar-refractivity contribution in [3.63, 3.8) is 0 Å². The number of aliphatic hydroxyl groups excluding tert-OH is 1. The predicted octanol–water partition coefficient (Wildman–Crippen LogP) is 3.65. The lowest BCUT2D eigenvalue weighted by Gasteiger charge is -2.09. The number of benzene rings is 1.